The predicted molar refractivity (Wildman–Crippen MR) is 119 cm³/mol. The van der Waals surface area contributed by atoms with Gasteiger partial charge >= 0.3 is 5.97 Å². The minimum absolute atomic E-state index is 0.00313. The number of carboxylic acids is 1. The van der Waals surface area contributed by atoms with Gasteiger partial charge in [0.15, 0.2) is 6.17 Å². The van der Waals surface area contributed by atoms with Gasteiger partial charge in [0.25, 0.3) is 0 Å². The van der Waals surface area contributed by atoms with Crippen molar-refractivity contribution in [3.63, 3.8) is 0 Å². The topological polar surface area (TPSA) is 98.0 Å². The molecule has 0 aliphatic heterocycles. The molecule has 0 radical (unpaired) electrons. The summed E-state index contributed by atoms with van der Waals surface area (Å²) in [6.45, 7) is 8.52. The maximum atomic E-state index is 14.0. The molecule has 0 aromatic carbocycles. The van der Waals surface area contributed by atoms with Crippen LogP contribution in [0.25, 0.3) is 0 Å². The van der Waals surface area contributed by atoms with Gasteiger partial charge in [0, 0.05) is 0 Å². The summed E-state index contributed by atoms with van der Waals surface area (Å²) < 4.78 is 14.0. The van der Waals surface area contributed by atoms with E-state index in [-0.39, 0.29) is 59.4 Å². The summed E-state index contributed by atoms with van der Waals surface area (Å²) in [4.78, 5) is 11.1. The lowest BCUT2D eigenvalue weighted by atomic mass is 9.41. The number of hydrogen-bond donors (Lipinski definition) is 4. The van der Waals surface area contributed by atoms with E-state index in [0.29, 0.717) is 6.42 Å². The van der Waals surface area contributed by atoms with Crippen LogP contribution in [0, 0.1) is 52.3 Å². The zero-order valence-corrected chi connectivity index (χ0v) is 20.1. The second-order valence-electron chi connectivity index (χ2n) is 12.2. The number of rotatable bonds is 5. The van der Waals surface area contributed by atoms with E-state index in [1.54, 1.807) is 0 Å². The fourth-order valence-corrected chi connectivity index (χ4v) is 9.48. The Morgan fingerprint density at radius 1 is 1.06 bits per heavy atom. The molecule has 184 valence electrons. The van der Waals surface area contributed by atoms with Gasteiger partial charge in [-0.25, -0.2) is 9.18 Å². The van der Waals surface area contributed by atoms with Crippen LogP contribution in [0.2, 0.25) is 0 Å². The number of aliphatic hydroxyl groups is 3. The zero-order valence-electron chi connectivity index (χ0n) is 20.1. The van der Waals surface area contributed by atoms with Crippen LogP contribution < -0.4 is 0 Å². The molecule has 0 bridgehead atoms. The van der Waals surface area contributed by atoms with E-state index >= 15 is 0 Å². The molecule has 0 amide bonds. The Morgan fingerprint density at radius 3 is 2.38 bits per heavy atom. The van der Waals surface area contributed by atoms with Crippen molar-refractivity contribution in [2.24, 2.45) is 52.3 Å². The van der Waals surface area contributed by atoms with E-state index in [0.717, 1.165) is 38.5 Å². The summed E-state index contributed by atoms with van der Waals surface area (Å²) >= 11 is 0. The van der Waals surface area contributed by atoms with Crippen LogP contribution in [0.4, 0.5) is 4.39 Å². The molecule has 0 aromatic rings. The first-order valence-electron chi connectivity index (χ1n) is 12.9. The summed E-state index contributed by atoms with van der Waals surface area (Å²) in [6.07, 6.45) is 2.51. The molecule has 0 aromatic heterocycles. The van der Waals surface area contributed by atoms with Crippen LogP contribution in [-0.4, -0.2) is 50.9 Å². The Bertz CT molecular complexity index is 716. The third-order valence-corrected chi connectivity index (χ3v) is 11.1. The summed E-state index contributed by atoms with van der Waals surface area (Å²) in [6, 6.07) is 0. The second kappa shape index (κ2) is 8.49. The van der Waals surface area contributed by atoms with Gasteiger partial charge in [-0.15, -0.1) is 0 Å². The van der Waals surface area contributed by atoms with E-state index < -0.39 is 29.8 Å². The second-order valence-corrected chi connectivity index (χ2v) is 12.2. The lowest BCUT2D eigenvalue weighted by Crippen LogP contribution is -2.65. The van der Waals surface area contributed by atoms with Crippen molar-refractivity contribution in [2.45, 2.75) is 104 Å². The molecule has 0 saturated heterocycles. The molecule has 4 aliphatic rings. The first-order chi connectivity index (χ1) is 15.0. The van der Waals surface area contributed by atoms with Crippen LogP contribution in [0.5, 0.6) is 0 Å². The van der Waals surface area contributed by atoms with Gasteiger partial charge in [-0.1, -0.05) is 34.1 Å². The Kier molecular flexibility index (Phi) is 6.48. The summed E-state index contributed by atoms with van der Waals surface area (Å²) in [5.74, 6) is -0.619. The van der Waals surface area contributed by atoms with Crippen molar-refractivity contribution in [3.8, 4) is 0 Å². The van der Waals surface area contributed by atoms with E-state index in [4.69, 9.17) is 5.11 Å². The van der Waals surface area contributed by atoms with E-state index in [9.17, 15) is 24.5 Å². The average Bonchev–Trinajstić information content (AvgIpc) is 3.09. The maximum Gasteiger partial charge on any atom is 0.338 e. The van der Waals surface area contributed by atoms with E-state index in [1.165, 1.54) is 0 Å². The van der Waals surface area contributed by atoms with Crippen molar-refractivity contribution in [3.05, 3.63) is 0 Å². The van der Waals surface area contributed by atoms with Crippen molar-refractivity contribution in [1.29, 1.82) is 0 Å². The molecular formula is C26H43FO5. The number of carboxylic acid groups (broad SMARTS) is 1. The first-order valence-corrected chi connectivity index (χ1v) is 12.9. The van der Waals surface area contributed by atoms with Gasteiger partial charge in [0.2, 0.25) is 0 Å². The van der Waals surface area contributed by atoms with Gasteiger partial charge in [-0.3, -0.25) is 0 Å². The predicted octanol–water partition coefficient (Wildman–Crippen LogP) is 4.03. The van der Waals surface area contributed by atoms with Gasteiger partial charge in [-0.05, 0) is 97.2 Å². The van der Waals surface area contributed by atoms with Crippen molar-refractivity contribution < 1.29 is 29.6 Å². The van der Waals surface area contributed by atoms with E-state index in [1.807, 2.05) is 6.92 Å². The fraction of sp³-hybridized carbons (Fsp3) is 0.962. The molecule has 4 fully saturated rings. The molecule has 4 aliphatic carbocycles. The van der Waals surface area contributed by atoms with Gasteiger partial charge in [0.05, 0.1) is 18.3 Å². The minimum Gasteiger partial charge on any atom is -0.479 e. The number of fused-ring (bicyclic) bond motifs is 5. The first kappa shape index (κ1) is 24.4. The highest BCUT2D eigenvalue weighted by molar-refractivity contribution is 5.72. The van der Waals surface area contributed by atoms with Crippen LogP contribution in [0.1, 0.15) is 79.1 Å². The highest BCUT2D eigenvalue weighted by Crippen LogP contribution is 2.69. The number of halogens is 1. The molecule has 4 saturated carbocycles. The quantitative estimate of drug-likeness (QED) is 0.503. The molecule has 32 heavy (non-hydrogen) atoms. The Hall–Kier alpha value is -0.720. The van der Waals surface area contributed by atoms with Gasteiger partial charge < -0.3 is 20.4 Å². The largest absolute Gasteiger partial charge is 0.479 e. The van der Waals surface area contributed by atoms with Gasteiger partial charge in [0.1, 0.15) is 0 Å². The number of aliphatic hydroxyl groups excluding tert-OH is 3. The monoisotopic (exact) mass is 454 g/mol. The Labute approximate surface area is 191 Å². The van der Waals surface area contributed by atoms with Crippen LogP contribution >= 0.6 is 0 Å². The normalized spacial score (nSPS) is 52.4. The molecule has 6 heteroatoms. The molecule has 0 heterocycles. The third kappa shape index (κ3) is 3.46. The summed E-state index contributed by atoms with van der Waals surface area (Å²) in [7, 11) is 0. The molecular weight excluding hydrogens is 411 g/mol. The van der Waals surface area contributed by atoms with Crippen molar-refractivity contribution in [1.82, 2.24) is 0 Å². The standard InChI is InChI=1S/C26H43FO5/c1-5-15-18-11-14(28)8-9-25(18,3)19-12-21(29)26(4)16(13(2)10-20(27)24(31)32)6-7-17(26)22(19)23(15)30/h13-23,28-30H,5-12H2,1-4H3,(H,31,32)/t13-,14-,15-,16-,17?,18+,19?,20-,21+,22+,23-,25+,26-/m1/s1. The number of carbonyl (C=O) groups is 1. The van der Waals surface area contributed by atoms with Crippen LogP contribution in [0.15, 0.2) is 0 Å². The third-order valence-electron chi connectivity index (χ3n) is 11.1. The van der Waals surface area contributed by atoms with E-state index in [2.05, 4.69) is 20.8 Å². The molecule has 2 unspecified atom stereocenters. The Balaban J connectivity index is 1.66. The molecule has 13 atom stereocenters. The molecule has 5 nitrogen and oxygen atoms in total. The van der Waals surface area contributed by atoms with Crippen molar-refractivity contribution in [2.75, 3.05) is 0 Å². The molecule has 0 spiro atoms. The number of aliphatic carboxylic acids is 1. The summed E-state index contributed by atoms with van der Waals surface area (Å²) in [5, 5.41) is 42.7. The van der Waals surface area contributed by atoms with Crippen LogP contribution in [0.3, 0.4) is 0 Å². The molecule has 4 N–H and O–H groups in total. The summed E-state index contributed by atoms with van der Waals surface area (Å²) in [5.41, 5.74) is -0.432. The highest BCUT2D eigenvalue weighted by atomic mass is 19.1. The maximum absolute atomic E-state index is 14.0. The lowest BCUT2D eigenvalue weighted by Gasteiger charge is -2.65. The van der Waals surface area contributed by atoms with Crippen molar-refractivity contribution >= 4 is 5.97 Å². The average molecular weight is 455 g/mol. The smallest absolute Gasteiger partial charge is 0.338 e. The lowest BCUT2D eigenvalue weighted by molar-refractivity contribution is -0.228. The highest BCUT2D eigenvalue weighted by Gasteiger charge is 2.67. The number of hydrogen-bond acceptors (Lipinski definition) is 4. The Morgan fingerprint density at radius 2 is 1.75 bits per heavy atom. The molecule has 4 rings (SSSR count). The number of alkyl halides is 1. The SMILES string of the molecule is CC[C@H]1[C@@H](O)[C@H]2C3CC[C@H]([C@H](C)C[C@@H](F)C(=O)O)[C@@]3(C)[C@@H](O)CC2[C@@]2(C)CC[C@@H](O)C[C@@H]12. The zero-order chi connectivity index (χ0) is 23.6. The van der Waals surface area contributed by atoms with Gasteiger partial charge in [-0.2, -0.15) is 0 Å². The fourth-order valence-electron chi connectivity index (χ4n) is 9.48. The minimum atomic E-state index is -1.88. The van der Waals surface area contributed by atoms with Crippen LogP contribution in [-0.2, 0) is 4.79 Å².